The second-order valence-corrected chi connectivity index (χ2v) is 8.35. The smallest absolute Gasteiger partial charge is 0.410 e. The third-order valence-electron chi connectivity index (χ3n) is 5.36. The van der Waals surface area contributed by atoms with Gasteiger partial charge in [0.05, 0.1) is 23.4 Å². The van der Waals surface area contributed by atoms with Crippen molar-refractivity contribution < 1.29 is 9.53 Å². The maximum Gasteiger partial charge on any atom is 0.410 e. The van der Waals surface area contributed by atoms with E-state index >= 15 is 0 Å². The first-order chi connectivity index (χ1) is 14.2. The van der Waals surface area contributed by atoms with E-state index in [4.69, 9.17) is 10.5 Å². The molecule has 2 atom stereocenters. The molecular formula is C22H22N6O2. The number of nitriles is 3. The number of carbonyl (C=O) groups is 1. The zero-order valence-electron chi connectivity index (χ0n) is 17.1. The van der Waals surface area contributed by atoms with Crippen LogP contribution in [0.3, 0.4) is 0 Å². The Morgan fingerprint density at radius 2 is 2.03 bits per heavy atom. The van der Waals surface area contributed by atoms with Gasteiger partial charge in [-0.3, -0.25) is 4.98 Å². The minimum absolute atomic E-state index is 0.0583. The number of amides is 1. The molecule has 1 aliphatic heterocycles. The molecule has 0 unspecified atom stereocenters. The van der Waals surface area contributed by atoms with E-state index in [0.717, 1.165) is 0 Å². The zero-order valence-corrected chi connectivity index (χ0v) is 17.1. The molecule has 2 aliphatic rings. The van der Waals surface area contributed by atoms with Crippen LogP contribution >= 0.6 is 0 Å². The van der Waals surface area contributed by atoms with E-state index in [9.17, 15) is 20.6 Å². The number of nitrogens with zero attached hydrogens (tertiary/aromatic N) is 5. The van der Waals surface area contributed by atoms with Crippen molar-refractivity contribution in [3.05, 3.63) is 53.0 Å². The average molecular weight is 402 g/mol. The molecule has 0 bridgehead atoms. The number of carbonyl (C=O) groups excluding carboxylic acids is 1. The summed E-state index contributed by atoms with van der Waals surface area (Å²) in [5.41, 5.74) is 5.18. The molecule has 30 heavy (non-hydrogen) atoms. The lowest BCUT2D eigenvalue weighted by Crippen LogP contribution is -2.50. The van der Waals surface area contributed by atoms with Gasteiger partial charge in [0.15, 0.2) is 5.41 Å². The number of ether oxygens (including phenoxy) is 1. The fraction of sp³-hybridized carbons (Fsp3) is 0.409. The molecule has 8 heteroatoms. The van der Waals surface area contributed by atoms with Crippen molar-refractivity contribution in [1.82, 2.24) is 9.88 Å². The summed E-state index contributed by atoms with van der Waals surface area (Å²) in [7, 11) is 0. The minimum Gasteiger partial charge on any atom is -0.444 e. The van der Waals surface area contributed by atoms with E-state index < -0.39 is 28.9 Å². The van der Waals surface area contributed by atoms with Crippen LogP contribution in [0.4, 0.5) is 4.79 Å². The van der Waals surface area contributed by atoms with Crippen LogP contribution in [0.15, 0.2) is 47.4 Å². The number of aromatic nitrogens is 1. The molecule has 1 aromatic heterocycles. The van der Waals surface area contributed by atoms with Crippen molar-refractivity contribution in [2.45, 2.75) is 32.3 Å². The standard InChI is InChI=1S/C22H22N6O2/c1-21(2,3)30-20(29)28-8-6-15-16(9-23)19(26)22(12-24,13-25)18(17(15)11-28)14-5-4-7-27-10-14/h4-7,10,17-18H,8,11,26H2,1-3H3/t17-,18-/m0/s1. The molecule has 0 radical (unpaired) electrons. The van der Waals surface area contributed by atoms with Gasteiger partial charge < -0.3 is 15.4 Å². The lowest BCUT2D eigenvalue weighted by Gasteiger charge is -2.45. The molecule has 0 saturated heterocycles. The van der Waals surface area contributed by atoms with Crippen molar-refractivity contribution in [2.24, 2.45) is 17.1 Å². The third kappa shape index (κ3) is 3.36. The van der Waals surface area contributed by atoms with Gasteiger partial charge in [-0.1, -0.05) is 12.1 Å². The Morgan fingerprint density at radius 3 is 2.57 bits per heavy atom. The van der Waals surface area contributed by atoms with Gasteiger partial charge >= 0.3 is 6.09 Å². The van der Waals surface area contributed by atoms with Gasteiger partial charge in [-0.15, -0.1) is 0 Å². The van der Waals surface area contributed by atoms with Crippen LogP contribution in [-0.4, -0.2) is 34.7 Å². The van der Waals surface area contributed by atoms with Crippen LogP contribution in [0, 0.1) is 45.3 Å². The number of fused-ring (bicyclic) bond motifs is 1. The Morgan fingerprint density at radius 1 is 1.33 bits per heavy atom. The quantitative estimate of drug-likeness (QED) is 0.761. The molecule has 0 fully saturated rings. The topological polar surface area (TPSA) is 140 Å². The Bertz CT molecular complexity index is 1030. The Hall–Kier alpha value is -3.83. The lowest BCUT2D eigenvalue weighted by molar-refractivity contribution is 0.0224. The number of rotatable bonds is 1. The normalized spacial score (nSPS) is 22.7. The number of hydrogen-bond acceptors (Lipinski definition) is 7. The monoisotopic (exact) mass is 402 g/mol. The molecule has 8 nitrogen and oxygen atoms in total. The Kier molecular flexibility index (Phi) is 5.25. The molecule has 2 N–H and O–H groups in total. The first-order valence-electron chi connectivity index (χ1n) is 9.49. The molecular weight excluding hydrogens is 380 g/mol. The molecule has 2 heterocycles. The van der Waals surface area contributed by atoms with E-state index in [1.54, 1.807) is 51.4 Å². The number of hydrogen-bond donors (Lipinski definition) is 1. The highest BCUT2D eigenvalue weighted by molar-refractivity contribution is 5.70. The predicted molar refractivity (Wildman–Crippen MR) is 107 cm³/mol. The first kappa shape index (κ1) is 20.9. The van der Waals surface area contributed by atoms with Gasteiger partial charge in [-0.25, -0.2) is 4.79 Å². The number of pyridine rings is 1. The maximum absolute atomic E-state index is 12.7. The molecule has 1 amide bonds. The fourth-order valence-electron chi connectivity index (χ4n) is 4.09. The van der Waals surface area contributed by atoms with Gasteiger partial charge in [0, 0.05) is 37.3 Å². The summed E-state index contributed by atoms with van der Waals surface area (Å²) < 4.78 is 5.49. The summed E-state index contributed by atoms with van der Waals surface area (Å²) in [6.45, 7) is 5.77. The van der Waals surface area contributed by atoms with E-state index in [-0.39, 0.29) is 24.4 Å². The highest BCUT2D eigenvalue weighted by Gasteiger charge is 2.55. The van der Waals surface area contributed by atoms with Crippen LogP contribution in [-0.2, 0) is 4.74 Å². The molecule has 0 spiro atoms. The second-order valence-electron chi connectivity index (χ2n) is 8.35. The highest BCUT2D eigenvalue weighted by Crippen LogP contribution is 2.54. The largest absolute Gasteiger partial charge is 0.444 e. The van der Waals surface area contributed by atoms with Crippen molar-refractivity contribution in [3.63, 3.8) is 0 Å². The molecule has 0 aromatic carbocycles. The lowest BCUT2D eigenvalue weighted by atomic mass is 9.58. The number of nitrogens with two attached hydrogens (primary N) is 1. The first-order valence-corrected chi connectivity index (χ1v) is 9.49. The van der Waals surface area contributed by atoms with E-state index in [1.165, 1.54) is 4.90 Å². The summed E-state index contributed by atoms with van der Waals surface area (Å²) in [6, 6.07) is 9.67. The molecule has 3 rings (SSSR count). The van der Waals surface area contributed by atoms with Crippen LogP contribution < -0.4 is 5.73 Å². The Balaban J connectivity index is 2.17. The second kappa shape index (κ2) is 7.54. The van der Waals surface area contributed by atoms with Gasteiger partial charge in [-0.05, 0) is 38.0 Å². The van der Waals surface area contributed by atoms with Crippen molar-refractivity contribution in [2.75, 3.05) is 13.1 Å². The number of allylic oxidation sites excluding steroid dienone is 2. The van der Waals surface area contributed by atoms with E-state index in [1.807, 2.05) is 0 Å². The SMILES string of the molecule is CC(C)(C)OC(=O)N1CC=C2C(C#N)=C(N)C(C#N)(C#N)[C@@H](c3cccnc3)[C@H]2C1. The van der Waals surface area contributed by atoms with Crippen LogP contribution in [0.5, 0.6) is 0 Å². The summed E-state index contributed by atoms with van der Waals surface area (Å²) in [6.07, 6.45) is 4.44. The zero-order chi connectivity index (χ0) is 22.1. The van der Waals surface area contributed by atoms with Gasteiger partial charge in [0.2, 0.25) is 0 Å². The average Bonchev–Trinajstić information content (AvgIpc) is 2.72. The van der Waals surface area contributed by atoms with Gasteiger partial charge in [-0.2, -0.15) is 15.8 Å². The van der Waals surface area contributed by atoms with E-state index in [2.05, 4.69) is 23.2 Å². The molecule has 0 saturated carbocycles. The third-order valence-corrected chi connectivity index (χ3v) is 5.36. The van der Waals surface area contributed by atoms with Crippen LogP contribution in [0.25, 0.3) is 0 Å². The van der Waals surface area contributed by atoms with Crippen LogP contribution in [0.2, 0.25) is 0 Å². The van der Waals surface area contributed by atoms with Crippen LogP contribution in [0.1, 0.15) is 32.3 Å². The van der Waals surface area contributed by atoms with Gasteiger partial charge in [0.1, 0.15) is 11.7 Å². The summed E-state index contributed by atoms with van der Waals surface area (Å²) in [5.74, 6) is -1.19. The maximum atomic E-state index is 12.7. The summed E-state index contributed by atoms with van der Waals surface area (Å²) >= 11 is 0. The highest BCUT2D eigenvalue weighted by atomic mass is 16.6. The predicted octanol–water partition coefficient (Wildman–Crippen LogP) is 2.74. The molecule has 1 aliphatic carbocycles. The van der Waals surface area contributed by atoms with Gasteiger partial charge in [0.25, 0.3) is 0 Å². The Labute approximate surface area is 175 Å². The van der Waals surface area contributed by atoms with E-state index in [0.29, 0.717) is 11.1 Å². The van der Waals surface area contributed by atoms with Crippen molar-refractivity contribution in [1.29, 1.82) is 15.8 Å². The minimum atomic E-state index is -1.76. The van der Waals surface area contributed by atoms with Crippen molar-refractivity contribution in [3.8, 4) is 18.2 Å². The summed E-state index contributed by atoms with van der Waals surface area (Å²) in [5, 5.41) is 29.8. The summed E-state index contributed by atoms with van der Waals surface area (Å²) in [4.78, 5) is 18.3. The molecule has 1 aromatic rings. The van der Waals surface area contributed by atoms with Crippen molar-refractivity contribution >= 4 is 6.09 Å². The fourth-order valence-corrected chi connectivity index (χ4v) is 4.09. The molecule has 152 valence electrons.